The van der Waals surface area contributed by atoms with Crippen LogP contribution < -0.4 is 9.47 Å². The Bertz CT molecular complexity index is 1600. The number of hydrogen-bond acceptors (Lipinski definition) is 7. The molecule has 0 unspecified atom stereocenters. The van der Waals surface area contributed by atoms with E-state index in [1.807, 2.05) is 79.7 Å². The van der Waals surface area contributed by atoms with E-state index in [1.165, 1.54) is 0 Å². The lowest BCUT2D eigenvalue weighted by Gasteiger charge is -2.08. The predicted octanol–water partition coefficient (Wildman–Crippen LogP) is 7.03. The summed E-state index contributed by atoms with van der Waals surface area (Å²) in [4.78, 5) is 21.8. The summed E-state index contributed by atoms with van der Waals surface area (Å²) >= 11 is 0. The van der Waals surface area contributed by atoms with Gasteiger partial charge in [-0.15, -0.1) is 0 Å². The number of carboxylic acids is 1. The van der Waals surface area contributed by atoms with Gasteiger partial charge in [0.25, 0.3) is 0 Å². The Morgan fingerprint density at radius 3 is 2.25 bits per heavy atom. The van der Waals surface area contributed by atoms with Crippen molar-refractivity contribution >= 4 is 11.7 Å². The number of oxime groups is 1. The molecule has 8 nitrogen and oxygen atoms in total. The quantitative estimate of drug-likeness (QED) is 0.143. The van der Waals surface area contributed by atoms with Crippen molar-refractivity contribution in [1.82, 2.24) is 4.98 Å². The van der Waals surface area contributed by atoms with Gasteiger partial charge in [-0.25, -0.2) is 9.78 Å². The van der Waals surface area contributed by atoms with E-state index in [1.54, 1.807) is 36.4 Å². The van der Waals surface area contributed by atoms with E-state index >= 15 is 0 Å². The molecule has 1 heterocycles. The molecule has 5 aromatic rings. The fourth-order valence-electron chi connectivity index (χ4n) is 3.82. The molecule has 8 heteroatoms. The summed E-state index contributed by atoms with van der Waals surface area (Å²) in [5.41, 5.74) is 2.56. The summed E-state index contributed by atoms with van der Waals surface area (Å²) in [6, 6.07) is 32.9. The second kappa shape index (κ2) is 12.4. The first-order valence-corrected chi connectivity index (χ1v) is 12.6. The topological polar surface area (TPSA) is 103 Å². The maximum atomic E-state index is 11.9. The number of nitrogens with zero attached hydrogens (tertiary/aromatic N) is 2. The number of aryl methyl sites for hydroxylation is 1. The molecule has 0 amide bonds. The minimum Gasteiger partial charge on any atom is -0.487 e. The molecule has 0 fully saturated rings. The number of aromatic nitrogens is 1. The second-order valence-electron chi connectivity index (χ2n) is 8.78. The Kier molecular flexibility index (Phi) is 8.17. The standard InChI is InChI=1S/C32H26N2O6/c1-22-29(33-31(39-22)24-9-4-2-5-10-24)21-37-26-17-15-23(16-18-26)20-38-34-30(32(35)36)25-11-8-14-28(19-25)40-27-12-6-3-7-13-27/h2-19H,20-21H2,1H3,(H,35,36)/b34-30-. The summed E-state index contributed by atoms with van der Waals surface area (Å²) in [5, 5.41) is 13.6. The zero-order valence-corrected chi connectivity index (χ0v) is 21.7. The molecule has 0 aliphatic carbocycles. The van der Waals surface area contributed by atoms with Gasteiger partial charge in [0.05, 0.1) is 0 Å². The van der Waals surface area contributed by atoms with E-state index in [9.17, 15) is 9.90 Å². The highest BCUT2D eigenvalue weighted by molar-refractivity contribution is 6.42. The minimum atomic E-state index is -1.21. The average molecular weight is 535 g/mol. The Morgan fingerprint density at radius 2 is 1.52 bits per heavy atom. The molecule has 0 bridgehead atoms. The largest absolute Gasteiger partial charge is 0.487 e. The molecule has 5 rings (SSSR count). The van der Waals surface area contributed by atoms with Crippen LogP contribution in [0.5, 0.6) is 17.2 Å². The van der Waals surface area contributed by atoms with Gasteiger partial charge in [-0.2, -0.15) is 0 Å². The van der Waals surface area contributed by atoms with Crippen LogP contribution in [0, 0.1) is 6.92 Å². The maximum absolute atomic E-state index is 11.9. The molecule has 1 aromatic heterocycles. The van der Waals surface area contributed by atoms with Gasteiger partial charge < -0.3 is 23.8 Å². The zero-order valence-electron chi connectivity index (χ0n) is 21.7. The number of ether oxygens (including phenoxy) is 2. The van der Waals surface area contributed by atoms with Crippen molar-refractivity contribution < 1.29 is 28.6 Å². The van der Waals surface area contributed by atoms with Crippen molar-refractivity contribution in [1.29, 1.82) is 0 Å². The Labute approximate surface area is 231 Å². The SMILES string of the molecule is Cc1oc(-c2ccccc2)nc1COc1ccc(CO/N=C(\C(=O)O)c2cccc(Oc3ccccc3)c2)cc1. The number of oxazole rings is 1. The number of benzene rings is 4. The van der Waals surface area contributed by atoms with Crippen LogP contribution in [-0.2, 0) is 22.8 Å². The normalized spacial score (nSPS) is 11.2. The van der Waals surface area contributed by atoms with Crippen LogP contribution in [0.4, 0.5) is 0 Å². The highest BCUT2D eigenvalue weighted by atomic mass is 16.6. The van der Waals surface area contributed by atoms with Gasteiger partial charge in [0.2, 0.25) is 5.89 Å². The van der Waals surface area contributed by atoms with Crippen LogP contribution in [-0.4, -0.2) is 21.8 Å². The Hall–Kier alpha value is -5.37. The third-order valence-electron chi connectivity index (χ3n) is 5.89. The smallest absolute Gasteiger partial charge is 0.358 e. The van der Waals surface area contributed by atoms with Crippen LogP contribution in [0.15, 0.2) is 119 Å². The molecule has 0 aliphatic rings. The lowest BCUT2D eigenvalue weighted by atomic mass is 10.1. The van der Waals surface area contributed by atoms with E-state index in [0.717, 1.165) is 16.8 Å². The van der Waals surface area contributed by atoms with Gasteiger partial charge in [-0.3, -0.25) is 0 Å². The number of aliphatic carboxylic acids is 1. The van der Waals surface area contributed by atoms with Crippen molar-refractivity contribution in [3.05, 3.63) is 132 Å². The van der Waals surface area contributed by atoms with Gasteiger partial charge in [-0.1, -0.05) is 65.8 Å². The van der Waals surface area contributed by atoms with Gasteiger partial charge >= 0.3 is 5.97 Å². The van der Waals surface area contributed by atoms with E-state index in [0.29, 0.717) is 34.5 Å². The van der Waals surface area contributed by atoms with Crippen LogP contribution >= 0.6 is 0 Å². The first-order chi connectivity index (χ1) is 19.5. The molecule has 40 heavy (non-hydrogen) atoms. The molecule has 0 aliphatic heterocycles. The number of carbonyl (C=O) groups is 1. The zero-order chi connectivity index (χ0) is 27.7. The molecule has 200 valence electrons. The van der Waals surface area contributed by atoms with Gasteiger partial charge in [0.15, 0.2) is 5.71 Å². The molecular formula is C32H26N2O6. The van der Waals surface area contributed by atoms with Crippen LogP contribution in [0.3, 0.4) is 0 Å². The summed E-state index contributed by atoms with van der Waals surface area (Å²) in [5.74, 6) is 1.83. The van der Waals surface area contributed by atoms with E-state index in [-0.39, 0.29) is 18.9 Å². The molecular weight excluding hydrogens is 508 g/mol. The summed E-state index contributed by atoms with van der Waals surface area (Å²) in [6.07, 6.45) is 0. The third-order valence-corrected chi connectivity index (χ3v) is 5.89. The average Bonchev–Trinajstić information content (AvgIpc) is 3.36. The fourth-order valence-corrected chi connectivity index (χ4v) is 3.82. The molecule has 0 spiro atoms. The first kappa shape index (κ1) is 26.2. The second-order valence-corrected chi connectivity index (χ2v) is 8.78. The summed E-state index contributed by atoms with van der Waals surface area (Å²) in [7, 11) is 0. The van der Waals surface area contributed by atoms with Crippen molar-refractivity contribution in [2.24, 2.45) is 5.16 Å². The van der Waals surface area contributed by atoms with Gasteiger partial charge in [0, 0.05) is 11.1 Å². The monoisotopic (exact) mass is 534 g/mol. The number of rotatable bonds is 11. The Balaban J connectivity index is 1.18. The van der Waals surface area contributed by atoms with Gasteiger partial charge in [0.1, 0.15) is 41.9 Å². The maximum Gasteiger partial charge on any atom is 0.358 e. The third kappa shape index (κ3) is 6.73. The van der Waals surface area contributed by atoms with E-state index in [2.05, 4.69) is 10.1 Å². The highest BCUT2D eigenvalue weighted by Gasteiger charge is 2.15. The Morgan fingerprint density at radius 1 is 0.825 bits per heavy atom. The highest BCUT2D eigenvalue weighted by Crippen LogP contribution is 2.24. The first-order valence-electron chi connectivity index (χ1n) is 12.6. The van der Waals surface area contributed by atoms with E-state index < -0.39 is 5.97 Å². The van der Waals surface area contributed by atoms with Crippen molar-refractivity contribution in [3.63, 3.8) is 0 Å². The van der Waals surface area contributed by atoms with Gasteiger partial charge in [-0.05, 0) is 61.0 Å². The number of hydrogen-bond donors (Lipinski definition) is 1. The molecule has 1 N–H and O–H groups in total. The molecule has 0 saturated heterocycles. The predicted molar refractivity (Wildman–Crippen MR) is 149 cm³/mol. The van der Waals surface area contributed by atoms with Crippen LogP contribution in [0.2, 0.25) is 0 Å². The minimum absolute atomic E-state index is 0.0834. The molecule has 0 radical (unpaired) electrons. The van der Waals surface area contributed by atoms with Crippen molar-refractivity contribution in [2.45, 2.75) is 20.1 Å². The number of carboxylic acid groups (broad SMARTS) is 1. The lowest BCUT2D eigenvalue weighted by Crippen LogP contribution is -2.15. The number of para-hydroxylation sites is 1. The molecule has 0 atom stereocenters. The van der Waals surface area contributed by atoms with E-state index in [4.69, 9.17) is 18.7 Å². The fraction of sp³-hybridized carbons (Fsp3) is 0.0938. The van der Waals surface area contributed by atoms with Crippen molar-refractivity contribution in [3.8, 4) is 28.7 Å². The lowest BCUT2D eigenvalue weighted by molar-refractivity contribution is -0.129. The van der Waals surface area contributed by atoms with Crippen LogP contribution in [0.1, 0.15) is 22.6 Å². The van der Waals surface area contributed by atoms with Crippen molar-refractivity contribution in [2.75, 3.05) is 0 Å². The summed E-state index contributed by atoms with van der Waals surface area (Å²) in [6.45, 7) is 2.20. The summed E-state index contributed by atoms with van der Waals surface area (Å²) < 4.78 is 17.5. The molecule has 0 saturated carbocycles. The molecule has 4 aromatic carbocycles. The van der Waals surface area contributed by atoms with Crippen LogP contribution in [0.25, 0.3) is 11.5 Å².